The van der Waals surface area contributed by atoms with Gasteiger partial charge in [-0.2, -0.15) is 0 Å². The molecule has 1 aliphatic rings. The smallest absolute Gasteiger partial charge is 0.407 e. The minimum Gasteiger partial charge on any atom is -0.461 e. The number of alkyl carbamates (subject to hydrolysis) is 1. The van der Waals surface area contributed by atoms with Gasteiger partial charge in [0.1, 0.15) is 17.7 Å². The predicted octanol–water partition coefficient (Wildman–Crippen LogP) is 3.68. The van der Waals surface area contributed by atoms with Gasteiger partial charge in [-0.25, -0.2) is 4.79 Å². The van der Waals surface area contributed by atoms with Crippen molar-refractivity contribution in [3.05, 3.63) is 35.4 Å². The van der Waals surface area contributed by atoms with Gasteiger partial charge in [-0.05, 0) is 64.5 Å². The van der Waals surface area contributed by atoms with E-state index in [0.29, 0.717) is 13.1 Å². The van der Waals surface area contributed by atoms with E-state index in [1.54, 1.807) is 0 Å². The summed E-state index contributed by atoms with van der Waals surface area (Å²) in [6, 6.07) is 7.53. The standard InChI is InChI=1S/C21H32N2O4/c1-15(19(24)26-18-7-5-6-8-18)22-13-16-9-11-17(12-10-16)14-23-20(25)27-21(2,3)4/h9-12,15,18,22H,5-8,13-14H2,1-4H3,(H,23,25)/t15-/m0/s1. The molecule has 1 amide bonds. The van der Waals surface area contributed by atoms with Gasteiger partial charge in [0, 0.05) is 13.1 Å². The van der Waals surface area contributed by atoms with E-state index in [1.165, 1.54) is 0 Å². The largest absolute Gasteiger partial charge is 0.461 e. The van der Waals surface area contributed by atoms with Gasteiger partial charge in [0.05, 0.1) is 0 Å². The second kappa shape index (κ2) is 9.74. The van der Waals surface area contributed by atoms with Crippen molar-refractivity contribution in [1.82, 2.24) is 10.6 Å². The average molecular weight is 376 g/mol. The van der Waals surface area contributed by atoms with Gasteiger partial charge < -0.3 is 20.1 Å². The Bertz CT molecular complexity index is 616. The third-order valence-electron chi connectivity index (χ3n) is 4.41. The van der Waals surface area contributed by atoms with Crippen LogP contribution in [0.15, 0.2) is 24.3 Å². The predicted molar refractivity (Wildman–Crippen MR) is 104 cm³/mol. The fourth-order valence-electron chi connectivity index (χ4n) is 2.89. The summed E-state index contributed by atoms with van der Waals surface area (Å²) in [5, 5.41) is 5.94. The summed E-state index contributed by atoms with van der Waals surface area (Å²) in [7, 11) is 0. The first-order valence-electron chi connectivity index (χ1n) is 9.71. The molecule has 0 aliphatic heterocycles. The second-order valence-corrected chi connectivity index (χ2v) is 8.12. The van der Waals surface area contributed by atoms with E-state index in [-0.39, 0.29) is 18.1 Å². The molecule has 6 heteroatoms. The van der Waals surface area contributed by atoms with Crippen LogP contribution in [0.1, 0.15) is 64.5 Å². The lowest BCUT2D eigenvalue weighted by atomic mass is 10.1. The molecular weight excluding hydrogens is 344 g/mol. The number of carbonyl (C=O) groups excluding carboxylic acids is 2. The minimum atomic E-state index is -0.505. The van der Waals surface area contributed by atoms with Crippen molar-refractivity contribution in [2.45, 2.75) is 84.2 Å². The molecule has 0 spiro atoms. The normalized spacial score (nSPS) is 16.0. The molecule has 1 atom stereocenters. The van der Waals surface area contributed by atoms with Crippen LogP contribution in [0.3, 0.4) is 0 Å². The molecule has 1 saturated carbocycles. The number of carbonyl (C=O) groups is 2. The van der Waals surface area contributed by atoms with Crippen LogP contribution in [0.2, 0.25) is 0 Å². The van der Waals surface area contributed by atoms with Crippen LogP contribution in [0.25, 0.3) is 0 Å². The van der Waals surface area contributed by atoms with Crippen LogP contribution in [0.4, 0.5) is 4.79 Å². The fraction of sp³-hybridized carbons (Fsp3) is 0.619. The number of nitrogens with one attached hydrogen (secondary N) is 2. The van der Waals surface area contributed by atoms with E-state index in [1.807, 2.05) is 52.0 Å². The van der Waals surface area contributed by atoms with E-state index < -0.39 is 11.7 Å². The highest BCUT2D eigenvalue weighted by Crippen LogP contribution is 2.21. The highest BCUT2D eigenvalue weighted by Gasteiger charge is 2.22. The quantitative estimate of drug-likeness (QED) is 0.710. The van der Waals surface area contributed by atoms with Gasteiger partial charge in [0.25, 0.3) is 0 Å². The third-order valence-corrected chi connectivity index (χ3v) is 4.41. The van der Waals surface area contributed by atoms with E-state index in [4.69, 9.17) is 9.47 Å². The molecular formula is C21H32N2O4. The highest BCUT2D eigenvalue weighted by molar-refractivity contribution is 5.75. The van der Waals surface area contributed by atoms with E-state index >= 15 is 0 Å². The monoisotopic (exact) mass is 376 g/mol. The molecule has 1 aliphatic carbocycles. The molecule has 0 unspecified atom stereocenters. The second-order valence-electron chi connectivity index (χ2n) is 8.12. The summed E-state index contributed by atoms with van der Waals surface area (Å²) < 4.78 is 10.7. The molecule has 0 heterocycles. The average Bonchev–Trinajstić information content (AvgIpc) is 3.10. The topological polar surface area (TPSA) is 76.7 Å². The fourth-order valence-corrected chi connectivity index (χ4v) is 2.89. The van der Waals surface area contributed by atoms with Crippen LogP contribution in [0, 0.1) is 0 Å². The molecule has 0 saturated heterocycles. The van der Waals surface area contributed by atoms with Crippen molar-refractivity contribution in [2.75, 3.05) is 0 Å². The molecule has 6 nitrogen and oxygen atoms in total. The number of rotatable bonds is 7. The number of amides is 1. The van der Waals surface area contributed by atoms with Gasteiger partial charge in [-0.1, -0.05) is 24.3 Å². The molecule has 2 rings (SSSR count). The molecule has 1 aromatic carbocycles. The number of benzene rings is 1. The van der Waals surface area contributed by atoms with Crippen LogP contribution < -0.4 is 10.6 Å². The summed E-state index contributed by atoms with van der Waals surface area (Å²) in [6.45, 7) is 8.32. The zero-order chi connectivity index (χ0) is 19.9. The molecule has 0 aromatic heterocycles. The number of hydrogen-bond donors (Lipinski definition) is 2. The molecule has 150 valence electrons. The van der Waals surface area contributed by atoms with Crippen LogP contribution >= 0.6 is 0 Å². The summed E-state index contributed by atoms with van der Waals surface area (Å²) in [5.74, 6) is -0.180. The lowest BCUT2D eigenvalue weighted by molar-refractivity contribution is -0.150. The van der Waals surface area contributed by atoms with Gasteiger partial charge in [0.15, 0.2) is 0 Å². The molecule has 27 heavy (non-hydrogen) atoms. The van der Waals surface area contributed by atoms with Gasteiger partial charge in [0.2, 0.25) is 0 Å². The number of esters is 1. The van der Waals surface area contributed by atoms with Crippen molar-refractivity contribution in [3.63, 3.8) is 0 Å². The summed E-state index contributed by atoms with van der Waals surface area (Å²) in [5.41, 5.74) is 1.55. The van der Waals surface area contributed by atoms with E-state index in [9.17, 15) is 9.59 Å². The van der Waals surface area contributed by atoms with Crippen molar-refractivity contribution >= 4 is 12.1 Å². The Morgan fingerprint density at radius 2 is 1.63 bits per heavy atom. The van der Waals surface area contributed by atoms with Crippen molar-refractivity contribution in [3.8, 4) is 0 Å². The summed E-state index contributed by atoms with van der Waals surface area (Å²) in [6.07, 6.45) is 3.93. The van der Waals surface area contributed by atoms with Crippen molar-refractivity contribution in [1.29, 1.82) is 0 Å². The number of hydrogen-bond acceptors (Lipinski definition) is 5. The summed E-state index contributed by atoms with van der Waals surface area (Å²) >= 11 is 0. The Hall–Kier alpha value is -2.08. The minimum absolute atomic E-state index is 0.0958. The van der Waals surface area contributed by atoms with Gasteiger partial charge in [-0.3, -0.25) is 4.79 Å². The van der Waals surface area contributed by atoms with E-state index in [0.717, 1.165) is 36.8 Å². The lowest BCUT2D eigenvalue weighted by Gasteiger charge is -2.19. The molecule has 1 aromatic rings. The maximum absolute atomic E-state index is 12.1. The van der Waals surface area contributed by atoms with Crippen molar-refractivity contribution in [2.24, 2.45) is 0 Å². The first-order chi connectivity index (χ1) is 12.7. The van der Waals surface area contributed by atoms with Crippen LogP contribution in [-0.4, -0.2) is 29.8 Å². The third kappa shape index (κ3) is 7.99. The van der Waals surface area contributed by atoms with Crippen LogP contribution in [0.5, 0.6) is 0 Å². The Morgan fingerprint density at radius 1 is 1.07 bits per heavy atom. The molecule has 2 N–H and O–H groups in total. The SMILES string of the molecule is C[C@H](NCc1ccc(CNC(=O)OC(C)(C)C)cc1)C(=O)OC1CCCC1. The first kappa shape index (κ1) is 21.2. The Morgan fingerprint density at radius 3 is 2.19 bits per heavy atom. The molecule has 0 bridgehead atoms. The zero-order valence-corrected chi connectivity index (χ0v) is 16.8. The van der Waals surface area contributed by atoms with Crippen LogP contribution in [-0.2, 0) is 27.4 Å². The van der Waals surface area contributed by atoms with Gasteiger partial charge >= 0.3 is 12.1 Å². The first-order valence-corrected chi connectivity index (χ1v) is 9.71. The van der Waals surface area contributed by atoms with E-state index in [2.05, 4.69) is 10.6 Å². The zero-order valence-electron chi connectivity index (χ0n) is 16.8. The van der Waals surface area contributed by atoms with Gasteiger partial charge in [-0.15, -0.1) is 0 Å². The Balaban J connectivity index is 1.71. The maximum Gasteiger partial charge on any atom is 0.407 e. The Kier molecular flexibility index (Phi) is 7.66. The highest BCUT2D eigenvalue weighted by atomic mass is 16.6. The van der Waals surface area contributed by atoms with Crippen molar-refractivity contribution < 1.29 is 19.1 Å². The number of ether oxygens (including phenoxy) is 2. The Labute approximate surface area is 162 Å². The molecule has 1 fully saturated rings. The maximum atomic E-state index is 12.1. The lowest BCUT2D eigenvalue weighted by Crippen LogP contribution is -2.36. The summed E-state index contributed by atoms with van der Waals surface area (Å²) in [4.78, 5) is 23.8. The molecule has 0 radical (unpaired) electrons.